The molecule has 1 aliphatic rings. The van der Waals surface area contributed by atoms with E-state index in [1.165, 1.54) is 12.8 Å². The molecule has 5 heteroatoms. The standard InChI is InChI=1S/C15H15N5/c1-2-7-19(6-1)15-16-10-13(11-17-15)12-4-8-20-14(9-12)3-5-18-20/h3-5,8-11H,1-2,6-7H2. The minimum Gasteiger partial charge on any atom is -0.341 e. The maximum Gasteiger partial charge on any atom is 0.225 e. The van der Waals surface area contributed by atoms with E-state index < -0.39 is 0 Å². The molecule has 1 aliphatic heterocycles. The Balaban J connectivity index is 1.67. The van der Waals surface area contributed by atoms with Gasteiger partial charge in [0.2, 0.25) is 5.95 Å². The van der Waals surface area contributed by atoms with Crippen LogP contribution in [0.15, 0.2) is 43.0 Å². The van der Waals surface area contributed by atoms with Crippen molar-refractivity contribution in [2.75, 3.05) is 18.0 Å². The molecular weight excluding hydrogens is 250 g/mol. The SMILES string of the molecule is c1cc2cc(-c3cnc(N4CCCC4)nc3)ccn2n1. The quantitative estimate of drug-likeness (QED) is 0.713. The Bertz CT molecular complexity index is 725. The molecule has 0 radical (unpaired) electrons. The molecule has 4 rings (SSSR count). The van der Waals surface area contributed by atoms with E-state index in [1.807, 2.05) is 35.2 Å². The number of hydrogen-bond acceptors (Lipinski definition) is 4. The first-order valence-corrected chi connectivity index (χ1v) is 6.91. The highest BCUT2D eigenvalue weighted by Crippen LogP contribution is 2.21. The molecule has 3 aromatic rings. The Labute approximate surface area is 116 Å². The highest BCUT2D eigenvalue weighted by molar-refractivity contribution is 5.67. The molecule has 100 valence electrons. The zero-order valence-electron chi connectivity index (χ0n) is 11.1. The van der Waals surface area contributed by atoms with E-state index in [0.29, 0.717) is 0 Å². The zero-order valence-corrected chi connectivity index (χ0v) is 11.1. The molecule has 0 amide bonds. The summed E-state index contributed by atoms with van der Waals surface area (Å²) in [5.74, 6) is 0.844. The van der Waals surface area contributed by atoms with Crippen LogP contribution >= 0.6 is 0 Å². The van der Waals surface area contributed by atoms with Gasteiger partial charge in [0.1, 0.15) is 0 Å². The first kappa shape index (κ1) is 11.4. The molecule has 3 aromatic heterocycles. The van der Waals surface area contributed by atoms with Gasteiger partial charge in [0.25, 0.3) is 0 Å². The molecule has 0 bridgehead atoms. The second-order valence-electron chi connectivity index (χ2n) is 5.08. The molecule has 20 heavy (non-hydrogen) atoms. The number of pyridine rings is 1. The highest BCUT2D eigenvalue weighted by atomic mass is 15.3. The third-order valence-electron chi connectivity index (χ3n) is 3.76. The predicted molar refractivity (Wildman–Crippen MR) is 77.7 cm³/mol. The average molecular weight is 265 g/mol. The normalized spacial score (nSPS) is 15.1. The number of anilines is 1. The van der Waals surface area contributed by atoms with Crippen molar-refractivity contribution in [2.24, 2.45) is 0 Å². The predicted octanol–water partition coefficient (Wildman–Crippen LogP) is 2.39. The molecule has 1 saturated heterocycles. The molecule has 0 N–H and O–H groups in total. The van der Waals surface area contributed by atoms with Gasteiger partial charge in [-0.3, -0.25) is 0 Å². The summed E-state index contributed by atoms with van der Waals surface area (Å²) in [6.07, 6.45) is 10.0. The van der Waals surface area contributed by atoms with E-state index >= 15 is 0 Å². The van der Waals surface area contributed by atoms with Crippen LogP contribution in [0, 0.1) is 0 Å². The summed E-state index contributed by atoms with van der Waals surface area (Å²) in [5.41, 5.74) is 3.23. The number of hydrogen-bond donors (Lipinski definition) is 0. The fourth-order valence-corrected chi connectivity index (χ4v) is 2.65. The third kappa shape index (κ3) is 1.91. The Kier molecular flexibility index (Phi) is 2.62. The smallest absolute Gasteiger partial charge is 0.225 e. The molecule has 0 aromatic carbocycles. The monoisotopic (exact) mass is 265 g/mol. The summed E-state index contributed by atoms with van der Waals surface area (Å²) in [4.78, 5) is 11.2. The van der Waals surface area contributed by atoms with E-state index in [2.05, 4.69) is 26.0 Å². The van der Waals surface area contributed by atoms with E-state index in [0.717, 1.165) is 35.7 Å². The maximum atomic E-state index is 4.50. The van der Waals surface area contributed by atoms with Crippen molar-refractivity contribution in [2.45, 2.75) is 12.8 Å². The van der Waals surface area contributed by atoms with Crippen molar-refractivity contribution in [1.29, 1.82) is 0 Å². The lowest BCUT2D eigenvalue weighted by Gasteiger charge is -2.14. The van der Waals surface area contributed by atoms with E-state index in [9.17, 15) is 0 Å². The molecule has 0 saturated carbocycles. The van der Waals surface area contributed by atoms with Gasteiger partial charge in [0.05, 0.1) is 5.52 Å². The van der Waals surface area contributed by atoms with Crippen LogP contribution in [0.25, 0.3) is 16.6 Å². The van der Waals surface area contributed by atoms with Gasteiger partial charge >= 0.3 is 0 Å². The van der Waals surface area contributed by atoms with Gasteiger partial charge in [-0.15, -0.1) is 0 Å². The second-order valence-corrected chi connectivity index (χ2v) is 5.08. The molecular formula is C15H15N5. The fourth-order valence-electron chi connectivity index (χ4n) is 2.65. The van der Waals surface area contributed by atoms with Crippen molar-refractivity contribution in [1.82, 2.24) is 19.6 Å². The number of rotatable bonds is 2. The van der Waals surface area contributed by atoms with Crippen LogP contribution in [0.1, 0.15) is 12.8 Å². The van der Waals surface area contributed by atoms with Crippen LogP contribution in [-0.2, 0) is 0 Å². The molecule has 5 nitrogen and oxygen atoms in total. The van der Waals surface area contributed by atoms with Crippen molar-refractivity contribution < 1.29 is 0 Å². The molecule has 0 aliphatic carbocycles. The lowest BCUT2D eigenvalue weighted by atomic mass is 10.1. The van der Waals surface area contributed by atoms with Crippen LogP contribution in [-0.4, -0.2) is 32.7 Å². The summed E-state index contributed by atoms with van der Waals surface area (Å²) in [6, 6.07) is 6.12. The highest BCUT2D eigenvalue weighted by Gasteiger charge is 2.14. The number of fused-ring (bicyclic) bond motifs is 1. The summed E-state index contributed by atoms with van der Waals surface area (Å²) in [7, 11) is 0. The van der Waals surface area contributed by atoms with Gasteiger partial charge in [-0.05, 0) is 36.6 Å². The third-order valence-corrected chi connectivity index (χ3v) is 3.76. The van der Waals surface area contributed by atoms with E-state index in [4.69, 9.17) is 0 Å². The van der Waals surface area contributed by atoms with Gasteiger partial charge in [-0.2, -0.15) is 5.10 Å². The first-order chi connectivity index (χ1) is 9.90. The van der Waals surface area contributed by atoms with Crippen LogP contribution in [0.3, 0.4) is 0 Å². The number of nitrogens with zero attached hydrogens (tertiary/aromatic N) is 5. The van der Waals surface area contributed by atoms with Crippen LogP contribution < -0.4 is 4.90 Å². The maximum absolute atomic E-state index is 4.50. The first-order valence-electron chi connectivity index (χ1n) is 6.91. The lowest BCUT2D eigenvalue weighted by molar-refractivity contribution is 0.899. The largest absolute Gasteiger partial charge is 0.341 e. The summed E-state index contributed by atoms with van der Waals surface area (Å²) in [5, 5.41) is 4.20. The summed E-state index contributed by atoms with van der Waals surface area (Å²) >= 11 is 0. The van der Waals surface area contributed by atoms with Gasteiger partial charge in [-0.25, -0.2) is 14.5 Å². The van der Waals surface area contributed by atoms with Gasteiger partial charge < -0.3 is 4.90 Å². The Morgan fingerprint density at radius 3 is 2.55 bits per heavy atom. The fraction of sp³-hybridized carbons (Fsp3) is 0.267. The average Bonchev–Trinajstić information content (AvgIpc) is 3.18. The minimum atomic E-state index is 0.844. The van der Waals surface area contributed by atoms with Crippen molar-refractivity contribution in [3.8, 4) is 11.1 Å². The topological polar surface area (TPSA) is 46.3 Å². The van der Waals surface area contributed by atoms with Crippen LogP contribution in [0.5, 0.6) is 0 Å². The molecule has 0 atom stereocenters. The minimum absolute atomic E-state index is 0.844. The van der Waals surface area contributed by atoms with Crippen LogP contribution in [0.2, 0.25) is 0 Å². The Morgan fingerprint density at radius 2 is 1.75 bits per heavy atom. The molecule has 0 unspecified atom stereocenters. The summed E-state index contributed by atoms with van der Waals surface area (Å²) in [6.45, 7) is 2.14. The molecule has 4 heterocycles. The number of aromatic nitrogens is 4. The lowest BCUT2D eigenvalue weighted by Crippen LogP contribution is -2.20. The van der Waals surface area contributed by atoms with Crippen molar-refractivity contribution in [3.63, 3.8) is 0 Å². The zero-order chi connectivity index (χ0) is 13.4. The van der Waals surface area contributed by atoms with E-state index in [1.54, 1.807) is 6.20 Å². The van der Waals surface area contributed by atoms with Crippen LogP contribution in [0.4, 0.5) is 5.95 Å². The Morgan fingerprint density at radius 1 is 0.950 bits per heavy atom. The molecule has 0 spiro atoms. The van der Waals surface area contributed by atoms with Gasteiger partial charge in [-0.1, -0.05) is 0 Å². The van der Waals surface area contributed by atoms with E-state index in [-0.39, 0.29) is 0 Å². The van der Waals surface area contributed by atoms with Gasteiger partial charge in [0, 0.05) is 43.4 Å². The summed E-state index contributed by atoms with van der Waals surface area (Å²) < 4.78 is 1.85. The molecule has 1 fully saturated rings. The van der Waals surface area contributed by atoms with Crippen molar-refractivity contribution in [3.05, 3.63) is 43.0 Å². The second kappa shape index (κ2) is 4.59. The Hall–Kier alpha value is -2.43. The van der Waals surface area contributed by atoms with Gasteiger partial charge in [0.15, 0.2) is 0 Å². The van der Waals surface area contributed by atoms with Crippen molar-refractivity contribution >= 4 is 11.5 Å².